The Hall–Kier alpha value is -1.84. The summed E-state index contributed by atoms with van der Waals surface area (Å²) in [6.07, 6.45) is 1.74. The van der Waals surface area contributed by atoms with Crippen LogP contribution in [0.3, 0.4) is 0 Å². The number of rotatable bonds is 2. The van der Waals surface area contributed by atoms with E-state index in [1.165, 1.54) is 11.1 Å². The number of carbonyl (C=O) groups excluding carboxylic acids is 2. The lowest BCUT2D eigenvalue weighted by Gasteiger charge is -2.41. The van der Waals surface area contributed by atoms with E-state index in [2.05, 4.69) is 19.9 Å². The zero-order valence-corrected chi connectivity index (χ0v) is 12.9. The van der Waals surface area contributed by atoms with Crippen LogP contribution in [-0.4, -0.2) is 40.2 Å². The van der Waals surface area contributed by atoms with Gasteiger partial charge in [0.1, 0.15) is 12.1 Å². The fourth-order valence-corrected chi connectivity index (χ4v) is 3.42. The van der Waals surface area contributed by atoms with Crippen molar-refractivity contribution in [3.63, 3.8) is 0 Å². The van der Waals surface area contributed by atoms with Gasteiger partial charge in [-0.25, -0.2) is 0 Å². The summed E-state index contributed by atoms with van der Waals surface area (Å²) in [6.45, 7) is 7.26. The Morgan fingerprint density at radius 3 is 2.71 bits per heavy atom. The molecule has 0 N–H and O–H groups in total. The third-order valence-corrected chi connectivity index (χ3v) is 4.99. The van der Waals surface area contributed by atoms with Gasteiger partial charge in [-0.05, 0) is 50.3 Å². The predicted octanol–water partition coefficient (Wildman–Crippen LogP) is 2.03. The van der Waals surface area contributed by atoms with E-state index in [9.17, 15) is 9.59 Å². The lowest BCUT2D eigenvalue weighted by Crippen LogP contribution is -2.61. The molecule has 2 fully saturated rings. The second-order valence-corrected chi connectivity index (χ2v) is 6.19. The van der Waals surface area contributed by atoms with E-state index in [0.717, 1.165) is 24.9 Å². The molecular weight excluding hydrogens is 264 g/mol. The molecule has 112 valence electrons. The molecule has 2 aliphatic heterocycles. The molecule has 0 aliphatic carbocycles. The van der Waals surface area contributed by atoms with Gasteiger partial charge in [-0.3, -0.25) is 9.59 Å². The summed E-state index contributed by atoms with van der Waals surface area (Å²) in [5.41, 5.74) is 3.56. The van der Waals surface area contributed by atoms with Crippen molar-refractivity contribution in [3.8, 4) is 0 Å². The van der Waals surface area contributed by atoms with Crippen molar-refractivity contribution in [1.82, 2.24) is 9.80 Å². The number of amides is 2. The maximum Gasteiger partial charge on any atom is 0.246 e. The number of aryl methyl sites for hydroxylation is 1. The molecule has 2 aliphatic rings. The van der Waals surface area contributed by atoms with E-state index in [1.807, 2.05) is 19.1 Å². The summed E-state index contributed by atoms with van der Waals surface area (Å²) in [5, 5.41) is 0. The molecule has 2 atom stereocenters. The van der Waals surface area contributed by atoms with Crippen LogP contribution < -0.4 is 0 Å². The number of hydrogen-bond acceptors (Lipinski definition) is 2. The van der Waals surface area contributed by atoms with Gasteiger partial charge in [-0.1, -0.05) is 18.2 Å². The van der Waals surface area contributed by atoms with Gasteiger partial charge in [-0.2, -0.15) is 0 Å². The number of fused-ring (bicyclic) bond motifs is 1. The Morgan fingerprint density at radius 2 is 1.95 bits per heavy atom. The summed E-state index contributed by atoms with van der Waals surface area (Å²) >= 11 is 0. The fourth-order valence-electron chi connectivity index (χ4n) is 3.42. The molecule has 1 aromatic rings. The Bertz CT molecular complexity index is 596. The number of benzene rings is 1. The monoisotopic (exact) mass is 286 g/mol. The quantitative estimate of drug-likeness (QED) is 0.834. The van der Waals surface area contributed by atoms with Crippen LogP contribution in [0.15, 0.2) is 18.2 Å². The first-order chi connectivity index (χ1) is 10.0. The van der Waals surface area contributed by atoms with Gasteiger partial charge in [0.15, 0.2) is 0 Å². The topological polar surface area (TPSA) is 40.6 Å². The van der Waals surface area contributed by atoms with Crippen molar-refractivity contribution in [2.75, 3.05) is 6.54 Å². The van der Waals surface area contributed by atoms with Gasteiger partial charge in [-0.15, -0.1) is 0 Å². The molecule has 4 nitrogen and oxygen atoms in total. The average molecular weight is 286 g/mol. The molecule has 0 aromatic heterocycles. The minimum Gasteiger partial charge on any atom is -0.329 e. The molecule has 2 saturated heterocycles. The molecule has 4 heteroatoms. The molecule has 0 bridgehead atoms. The van der Waals surface area contributed by atoms with Crippen molar-refractivity contribution in [2.45, 2.75) is 52.2 Å². The number of nitrogens with zero attached hydrogens (tertiary/aromatic N) is 2. The van der Waals surface area contributed by atoms with Gasteiger partial charge < -0.3 is 9.80 Å². The first-order valence-electron chi connectivity index (χ1n) is 7.66. The number of carbonyl (C=O) groups is 2. The smallest absolute Gasteiger partial charge is 0.246 e. The maximum atomic E-state index is 12.7. The first kappa shape index (κ1) is 14.1. The molecule has 2 heterocycles. The van der Waals surface area contributed by atoms with Gasteiger partial charge >= 0.3 is 0 Å². The Morgan fingerprint density at radius 1 is 1.19 bits per heavy atom. The molecule has 2 amide bonds. The summed E-state index contributed by atoms with van der Waals surface area (Å²) < 4.78 is 0. The van der Waals surface area contributed by atoms with E-state index in [1.54, 1.807) is 9.80 Å². The third kappa shape index (κ3) is 2.23. The van der Waals surface area contributed by atoms with E-state index >= 15 is 0 Å². The molecule has 0 unspecified atom stereocenters. The molecule has 3 rings (SSSR count). The van der Waals surface area contributed by atoms with Crippen LogP contribution in [0.25, 0.3) is 0 Å². The van der Waals surface area contributed by atoms with Crippen LogP contribution in [0.5, 0.6) is 0 Å². The summed E-state index contributed by atoms with van der Waals surface area (Å²) in [4.78, 5) is 28.7. The van der Waals surface area contributed by atoms with Gasteiger partial charge in [0.25, 0.3) is 0 Å². The van der Waals surface area contributed by atoms with Crippen LogP contribution >= 0.6 is 0 Å². The fraction of sp³-hybridized carbons (Fsp3) is 0.529. The molecule has 0 radical (unpaired) electrons. The Labute approximate surface area is 125 Å². The van der Waals surface area contributed by atoms with Crippen molar-refractivity contribution < 1.29 is 9.59 Å². The second-order valence-electron chi connectivity index (χ2n) is 6.19. The first-order valence-corrected chi connectivity index (χ1v) is 7.66. The Balaban J connectivity index is 1.89. The highest BCUT2D eigenvalue weighted by molar-refractivity contribution is 5.97. The highest BCUT2D eigenvalue weighted by Crippen LogP contribution is 2.28. The molecule has 0 spiro atoms. The zero-order chi connectivity index (χ0) is 15.1. The van der Waals surface area contributed by atoms with Gasteiger partial charge in [0.2, 0.25) is 11.8 Å². The maximum absolute atomic E-state index is 12.7. The summed E-state index contributed by atoms with van der Waals surface area (Å²) in [7, 11) is 0. The lowest BCUT2D eigenvalue weighted by molar-refractivity contribution is -0.159. The van der Waals surface area contributed by atoms with Crippen molar-refractivity contribution in [1.29, 1.82) is 0 Å². The molecule has 1 aromatic carbocycles. The van der Waals surface area contributed by atoms with E-state index in [4.69, 9.17) is 0 Å². The zero-order valence-electron chi connectivity index (χ0n) is 12.9. The van der Waals surface area contributed by atoms with Crippen LogP contribution in [0.4, 0.5) is 0 Å². The summed E-state index contributed by atoms with van der Waals surface area (Å²) in [6, 6.07) is 5.56. The summed E-state index contributed by atoms with van der Waals surface area (Å²) in [5.74, 6) is 0.211. The normalized spacial score (nSPS) is 25.5. The Kier molecular flexibility index (Phi) is 3.47. The SMILES string of the molecule is Cc1cccc(CN2C(=O)[C@@H]3CCCN3C(=O)[C@@H]2C)c1C. The van der Waals surface area contributed by atoms with E-state index in [0.29, 0.717) is 6.54 Å². The lowest BCUT2D eigenvalue weighted by atomic mass is 10.0. The third-order valence-electron chi connectivity index (χ3n) is 4.99. The van der Waals surface area contributed by atoms with Crippen molar-refractivity contribution in [3.05, 3.63) is 34.9 Å². The largest absolute Gasteiger partial charge is 0.329 e. The highest BCUT2D eigenvalue weighted by Gasteiger charge is 2.45. The predicted molar refractivity (Wildman–Crippen MR) is 80.7 cm³/mol. The van der Waals surface area contributed by atoms with Crippen LogP contribution in [0.1, 0.15) is 36.5 Å². The van der Waals surface area contributed by atoms with Crippen LogP contribution in [-0.2, 0) is 16.1 Å². The van der Waals surface area contributed by atoms with Gasteiger partial charge in [0, 0.05) is 13.1 Å². The molecule has 21 heavy (non-hydrogen) atoms. The minimum absolute atomic E-state index is 0.0995. The van der Waals surface area contributed by atoms with E-state index < -0.39 is 0 Å². The van der Waals surface area contributed by atoms with Crippen molar-refractivity contribution in [2.24, 2.45) is 0 Å². The number of hydrogen-bond donors (Lipinski definition) is 0. The average Bonchev–Trinajstić information content (AvgIpc) is 2.95. The van der Waals surface area contributed by atoms with Crippen LogP contribution in [0, 0.1) is 13.8 Å². The van der Waals surface area contributed by atoms with Crippen LogP contribution in [0.2, 0.25) is 0 Å². The van der Waals surface area contributed by atoms with Gasteiger partial charge in [0.05, 0.1) is 0 Å². The number of piperazine rings is 1. The van der Waals surface area contributed by atoms with E-state index in [-0.39, 0.29) is 23.9 Å². The standard InChI is InChI=1S/C17H22N2O2/c1-11-6-4-7-14(12(11)2)10-19-13(3)16(20)18-9-5-8-15(18)17(19)21/h4,6-7,13,15H,5,8-10H2,1-3H3/t13-,15-/m0/s1. The molecule has 0 saturated carbocycles. The minimum atomic E-state index is -0.355. The molecular formula is C17H22N2O2. The second kappa shape index (κ2) is 5.17. The highest BCUT2D eigenvalue weighted by atomic mass is 16.2. The van der Waals surface area contributed by atoms with Crippen molar-refractivity contribution >= 4 is 11.8 Å².